The van der Waals surface area contributed by atoms with E-state index in [4.69, 9.17) is 0 Å². The van der Waals surface area contributed by atoms with E-state index in [9.17, 15) is 0 Å². The average molecular weight is 714 g/mol. The predicted molar refractivity (Wildman–Crippen MR) is 235 cm³/mol. The molecule has 5 heteroatoms. The van der Waals surface area contributed by atoms with Gasteiger partial charge in [0.05, 0.1) is 18.0 Å². The molecule has 0 saturated carbocycles. The van der Waals surface area contributed by atoms with Gasteiger partial charge in [-0.3, -0.25) is 0 Å². The Morgan fingerprint density at radius 3 is 2.07 bits per heavy atom. The Morgan fingerprint density at radius 1 is 0.518 bits per heavy atom. The second-order valence-electron chi connectivity index (χ2n) is 15.6. The van der Waals surface area contributed by atoms with Crippen LogP contribution in [0.1, 0.15) is 5.56 Å². The number of para-hydroxylation sites is 7. The summed E-state index contributed by atoms with van der Waals surface area (Å²) in [6, 6.07) is 63.3. The molecule has 0 unspecified atom stereocenters. The molecule has 56 heavy (non-hydrogen) atoms. The molecule has 2 aliphatic rings. The van der Waals surface area contributed by atoms with Crippen molar-refractivity contribution in [1.29, 1.82) is 0 Å². The summed E-state index contributed by atoms with van der Waals surface area (Å²) in [6.45, 7) is 2.36. The van der Waals surface area contributed by atoms with E-state index >= 15 is 0 Å². The van der Waals surface area contributed by atoms with Gasteiger partial charge in [0.15, 0.2) is 11.0 Å². The van der Waals surface area contributed by atoms with Crippen LogP contribution in [0.2, 0.25) is 0 Å². The van der Waals surface area contributed by atoms with E-state index in [-0.39, 0.29) is 6.71 Å². The number of fused-ring (bicyclic) bond motifs is 15. The number of aromatic nitrogens is 3. The second-order valence-corrected chi connectivity index (χ2v) is 15.6. The van der Waals surface area contributed by atoms with Gasteiger partial charge in [-0.25, -0.2) is 4.57 Å². The van der Waals surface area contributed by atoms with Crippen molar-refractivity contribution in [3.63, 3.8) is 0 Å². The van der Waals surface area contributed by atoms with E-state index in [1.54, 1.807) is 0 Å². The van der Waals surface area contributed by atoms with Crippen LogP contribution >= 0.6 is 0 Å². The fourth-order valence-corrected chi connectivity index (χ4v) is 10.6. The molecule has 0 bridgehead atoms. The Kier molecular flexibility index (Phi) is 5.82. The maximum Gasteiger partial charge on any atom is 0.295 e. The molecule has 4 nitrogen and oxygen atoms in total. The summed E-state index contributed by atoms with van der Waals surface area (Å²) in [5.41, 5.74) is 20.1. The maximum absolute atomic E-state index is 2.57. The van der Waals surface area contributed by atoms with Crippen molar-refractivity contribution < 1.29 is 4.57 Å². The van der Waals surface area contributed by atoms with Crippen molar-refractivity contribution in [2.45, 2.75) is 6.92 Å². The minimum atomic E-state index is 0.0909. The first kappa shape index (κ1) is 30.2. The number of anilines is 3. The lowest BCUT2D eigenvalue weighted by atomic mass is 9.33. The van der Waals surface area contributed by atoms with Crippen LogP contribution in [0, 0.1) is 6.92 Å². The van der Waals surface area contributed by atoms with Gasteiger partial charge in [-0.15, -0.1) is 0 Å². The third-order valence-corrected chi connectivity index (χ3v) is 12.8. The number of hydrogen-bond donors (Lipinski definition) is 0. The molecular formula is C51H34BN4+. The number of nitrogens with zero attached hydrogens (tertiary/aromatic N) is 4. The summed E-state index contributed by atoms with van der Waals surface area (Å²) in [4.78, 5) is 2.51. The van der Waals surface area contributed by atoms with Gasteiger partial charge in [0.25, 0.3) is 12.4 Å². The minimum absolute atomic E-state index is 0.0909. The monoisotopic (exact) mass is 713 g/mol. The van der Waals surface area contributed by atoms with Crippen LogP contribution < -0.4 is 25.9 Å². The van der Waals surface area contributed by atoms with E-state index in [0.717, 1.165) is 5.69 Å². The SMILES string of the molecule is Cc1ccc(-c2cc3c4c(c2)-n2c5ccccc5c5cccc(c52)B4c2ccccc2N3c2ccccc2)c2c3ccccc3n3c4ccccc4[n+](C)c3c12. The molecule has 0 amide bonds. The Bertz CT molecular complexity index is 3520. The fraction of sp³-hybridized carbons (Fsp3) is 0.0392. The molecule has 5 heterocycles. The smallest absolute Gasteiger partial charge is 0.295 e. The van der Waals surface area contributed by atoms with Gasteiger partial charge < -0.3 is 9.47 Å². The zero-order chi connectivity index (χ0) is 36.8. The standard InChI is InChI=1S/C51H34BN4/c1-31-27-28-34(48-37-18-7-10-23-41(37)56-44-26-13-12-25-43(44)53(2)51(56)47(31)48)32-29-45-49-46(30-32)55-40-22-9-6-17-35(40)36-19-14-21-39(50(36)55)52(49)38-20-8-11-24-42(38)54(45)33-15-4-3-5-16-33/h3-30H,1-2H3/q+1. The summed E-state index contributed by atoms with van der Waals surface area (Å²) < 4.78 is 7.43. The first-order valence-electron chi connectivity index (χ1n) is 19.6. The largest absolute Gasteiger partial charge is 0.311 e. The molecular weight excluding hydrogens is 679 g/mol. The van der Waals surface area contributed by atoms with E-state index < -0.39 is 0 Å². The Morgan fingerprint density at radius 2 is 1.20 bits per heavy atom. The Hall–Kier alpha value is -7.11. The molecule has 0 atom stereocenters. The van der Waals surface area contributed by atoms with Crippen LogP contribution in [0.4, 0.5) is 17.1 Å². The van der Waals surface area contributed by atoms with Crippen LogP contribution in [0.25, 0.3) is 77.0 Å². The number of benzene rings is 8. The molecule has 8 aromatic carbocycles. The van der Waals surface area contributed by atoms with Crippen LogP contribution in [0.15, 0.2) is 170 Å². The zero-order valence-electron chi connectivity index (χ0n) is 31.0. The minimum Gasteiger partial charge on any atom is -0.311 e. The van der Waals surface area contributed by atoms with Crippen LogP contribution in [-0.2, 0) is 7.05 Å². The quantitative estimate of drug-likeness (QED) is 0.0991. The van der Waals surface area contributed by atoms with Gasteiger partial charge in [-0.05, 0) is 94.6 Å². The predicted octanol–water partition coefficient (Wildman–Crippen LogP) is 9.91. The van der Waals surface area contributed by atoms with Crippen molar-refractivity contribution >= 4 is 100 Å². The van der Waals surface area contributed by atoms with Gasteiger partial charge in [0.1, 0.15) is 5.52 Å². The van der Waals surface area contributed by atoms with E-state index in [0.29, 0.717) is 0 Å². The highest BCUT2D eigenvalue weighted by Gasteiger charge is 2.42. The number of pyridine rings is 1. The number of aryl methyl sites for hydroxylation is 2. The molecule has 13 rings (SSSR count). The number of rotatable bonds is 2. The van der Waals surface area contributed by atoms with Crippen LogP contribution in [-0.4, -0.2) is 15.7 Å². The topological polar surface area (TPSA) is 16.5 Å². The van der Waals surface area contributed by atoms with Crippen molar-refractivity contribution in [2.24, 2.45) is 7.05 Å². The van der Waals surface area contributed by atoms with Crippen LogP contribution in [0.5, 0.6) is 0 Å². The van der Waals surface area contributed by atoms with Crippen molar-refractivity contribution in [1.82, 2.24) is 8.97 Å². The van der Waals surface area contributed by atoms with Crippen molar-refractivity contribution in [3.8, 4) is 16.8 Å². The lowest BCUT2D eigenvalue weighted by Crippen LogP contribution is -2.60. The van der Waals surface area contributed by atoms with E-state index in [1.165, 1.54) is 110 Å². The molecule has 0 radical (unpaired) electrons. The zero-order valence-corrected chi connectivity index (χ0v) is 31.0. The first-order valence-corrected chi connectivity index (χ1v) is 19.6. The molecule has 260 valence electrons. The van der Waals surface area contributed by atoms with Gasteiger partial charge >= 0.3 is 0 Å². The number of imidazole rings is 1. The lowest BCUT2D eigenvalue weighted by molar-refractivity contribution is -0.617. The van der Waals surface area contributed by atoms with Gasteiger partial charge in [0, 0.05) is 49.8 Å². The Balaban J connectivity index is 1.23. The highest BCUT2D eigenvalue weighted by Crippen LogP contribution is 2.45. The average Bonchev–Trinajstić information content (AvgIpc) is 3.75. The normalized spacial score (nSPS) is 13.1. The third-order valence-electron chi connectivity index (χ3n) is 12.8. The molecule has 11 aromatic rings. The van der Waals surface area contributed by atoms with Gasteiger partial charge in [-0.2, -0.15) is 4.40 Å². The Labute approximate surface area is 323 Å². The summed E-state index contributed by atoms with van der Waals surface area (Å²) in [5, 5.41) is 6.42. The van der Waals surface area contributed by atoms with Crippen molar-refractivity contribution in [2.75, 3.05) is 4.90 Å². The van der Waals surface area contributed by atoms with Gasteiger partial charge in [0.2, 0.25) is 0 Å². The summed E-state index contributed by atoms with van der Waals surface area (Å²) >= 11 is 0. The van der Waals surface area contributed by atoms with E-state index in [2.05, 4.69) is 202 Å². The summed E-state index contributed by atoms with van der Waals surface area (Å²) in [5.74, 6) is 0. The molecule has 0 N–H and O–H groups in total. The van der Waals surface area contributed by atoms with Crippen LogP contribution in [0.3, 0.4) is 0 Å². The van der Waals surface area contributed by atoms with Gasteiger partial charge in [-0.1, -0.05) is 115 Å². The maximum atomic E-state index is 2.57. The molecule has 2 aliphatic heterocycles. The molecule has 0 spiro atoms. The summed E-state index contributed by atoms with van der Waals surface area (Å²) in [6.07, 6.45) is 0. The molecule has 0 fully saturated rings. The highest BCUT2D eigenvalue weighted by atomic mass is 15.2. The first-order chi connectivity index (χ1) is 27.7. The molecule has 0 aliphatic carbocycles. The molecule has 3 aromatic heterocycles. The second kappa shape index (κ2) is 10.8. The summed E-state index contributed by atoms with van der Waals surface area (Å²) in [7, 11) is 2.22. The number of hydrogen-bond acceptors (Lipinski definition) is 1. The lowest BCUT2D eigenvalue weighted by Gasteiger charge is -2.40. The molecule has 0 saturated heterocycles. The fourth-order valence-electron chi connectivity index (χ4n) is 10.6. The van der Waals surface area contributed by atoms with E-state index in [1.807, 2.05) is 0 Å². The third kappa shape index (κ3) is 3.68. The highest BCUT2D eigenvalue weighted by molar-refractivity contribution is 7.00. The van der Waals surface area contributed by atoms with Crippen molar-refractivity contribution in [3.05, 3.63) is 175 Å².